The molecule has 0 aliphatic rings. The third-order valence-corrected chi connectivity index (χ3v) is 2.90. The molecule has 0 aliphatic heterocycles. The fourth-order valence-corrected chi connectivity index (χ4v) is 2.00. The lowest BCUT2D eigenvalue weighted by Gasteiger charge is -2.04. The van der Waals surface area contributed by atoms with Crippen molar-refractivity contribution in [3.05, 3.63) is 41.9 Å². The van der Waals surface area contributed by atoms with Crippen molar-refractivity contribution in [3.8, 4) is 17.5 Å². The Morgan fingerprint density at radius 1 is 1.32 bits per heavy atom. The molecule has 3 rings (SSSR count). The Morgan fingerprint density at radius 2 is 2.16 bits per heavy atom. The average molecular weight is 250 g/mol. The van der Waals surface area contributed by atoms with Gasteiger partial charge in [0, 0.05) is 6.20 Å². The average Bonchev–Trinajstić information content (AvgIpc) is 2.84. The third-order valence-electron chi connectivity index (χ3n) is 2.90. The standard InChI is InChI=1S/C13H10N6/c1-8-3-2-4-19-10(7-16-12(8)19)11-9(5-14)6-17-13(15)18-11/h2-4,6-7H,1H3,(H2,15,17,18). The highest BCUT2D eigenvalue weighted by atomic mass is 15.0. The minimum absolute atomic E-state index is 0.136. The summed E-state index contributed by atoms with van der Waals surface area (Å²) in [4.78, 5) is 12.3. The van der Waals surface area contributed by atoms with Gasteiger partial charge < -0.3 is 5.73 Å². The molecule has 3 aromatic heterocycles. The normalized spacial score (nSPS) is 10.5. The van der Waals surface area contributed by atoms with E-state index in [1.807, 2.05) is 29.7 Å². The summed E-state index contributed by atoms with van der Waals surface area (Å²) in [5.74, 6) is 0.136. The molecule has 0 saturated carbocycles. The Labute approximate surface area is 109 Å². The summed E-state index contributed by atoms with van der Waals surface area (Å²) in [5, 5.41) is 9.13. The second-order valence-corrected chi connectivity index (χ2v) is 4.13. The molecule has 0 saturated heterocycles. The fraction of sp³-hybridized carbons (Fsp3) is 0.0769. The largest absolute Gasteiger partial charge is 0.368 e. The lowest BCUT2D eigenvalue weighted by molar-refractivity contribution is 1.12. The number of nitriles is 1. The van der Waals surface area contributed by atoms with E-state index in [1.165, 1.54) is 6.20 Å². The molecule has 0 unspecified atom stereocenters. The summed E-state index contributed by atoms with van der Waals surface area (Å²) in [6.45, 7) is 1.98. The quantitative estimate of drug-likeness (QED) is 0.707. The molecule has 0 amide bonds. The molecular formula is C13H10N6. The first-order chi connectivity index (χ1) is 9.20. The van der Waals surface area contributed by atoms with E-state index in [2.05, 4.69) is 21.0 Å². The SMILES string of the molecule is Cc1cccn2c(-c3nc(N)ncc3C#N)cnc12. The van der Waals surface area contributed by atoms with Crippen LogP contribution in [0.2, 0.25) is 0 Å². The topological polar surface area (TPSA) is 92.9 Å². The Morgan fingerprint density at radius 3 is 2.95 bits per heavy atom. The summed E-state index contributed by atoms with van der Waals surface area (Å²) in [6, 6.07) is 5.97. The van der Waals surface area contributed by atoms with Crippen molar-refractivity contribution in [2.24, 2.45) is 0 Å². The van der Waals surface area contributed by atoms with Crippen molar-refractivity contribution in [1.29, 1.82) is 5.26 Å². The zero-order chi connectivity index (χ0) is 13.4. The first-order valence-electron chi connectivity index (χ1n) is 5.66. The molecule has 0 aromatic carbocycles. The Hall–Kier alpha value is -2.94. The molecule has 0 spiro atoms. The Balaban J connectivity index is 2.34. The van der Waals surface area contributed by atoms with E-state index in [4.69, 9.17) is 11.0 Å². The van der Waals surface area contributed by atoms with Crippen LogP contribution in [-0.4, -0.2) is 19.4 Å². The lowest BCUT2D eigenvalue weighted by atomic mass is 10.2. The molecule has 19 heavy (non-hydrogen) atoms. The maximum absolute atomic E-state index is 9.13. The third kappa shape index (κ3) is 1.68. The summed E-state index contributed by atoms with van der Waals surface area (Å²) < 4.78 is 1.89. The summed E-state index contributed by atoms with van der Waals surface area (Å²) in [5.41, 5.74) is 9.08. The van der Waals surface area contributed by atoms with Gasteiger partial charge in [0.1, 0.15) is 17.4 Å². The van der Waals surface area contributed by atoms with Crippen LogP contribution in [-0.2, 0) is 0 Å². The number of hydrogen-bond acceptors (Lipinski definition) is 5. The van der Waals surface area contributed by atoms with Gasteiger partial charge in [-0.05, 0) is 18.6 Å². The zero-order valence-electron chi connectivity index (χ0n) is 10.2. The second-order valence-electron chi connectivity index (χ2n) is 4.13. The molecule has 0 fully saturated rings. The van der Waals surface area contributed by atoms with Crippen LogP contribution >= 0.6 is 0 Å². The van der Waals surface area contributed by atoms with E-state index in [1.54, 1.807) is 6.20 Å². The van der Waals surface area contributed by atoms with Crippen LogP contribution in [0.3, 0.4) is 0 Å². The van der Waals surface area contributed by atoms with Crippen molar-refractivity contribution in [2.75, 3.05) is 5.73 Å². The minimum Gasteiger partial charge on any atom is -0.368 e. The van der Waals surface area contributed by atoms with Gasteiger partial charge in [-0.2, -0.15) is 5.26 Å². The smallest absolute Gasteiger partial charge is 0.220 e. The molecule has 92 valence electrons. The first kappa shape index (κ1) is 11.2. The number of hydrogen-bond donors (Lipinski definition) is 1. The van der Waals surface area contributed by atoms with Crippen molar-refractivity contribution in [1.82, 2.24) is 19.4 Å². The predicted molar refractivity (Wildman–Crippen MR) is 70.1 cm³/mol. The second kappa shape index (κ2) is 4.07. The molecular weight excluding hydrogens is 240 g/mol. The van der Waals surface area contributed by atoms with Crippen LogP contribution in [0.15, 0.2) is 30.7 Å². The number of pyridine rings is 1. The number of anilines is 1. The number of aromatic nitrogens is 4. The van der Waals surface area contributed by atoms with E-state index < -0.39 is 0 Å². The number of imidazole rings is 1. The van der Waals surface area contributed by atoms with Crippen LogP contribution < -0.4 is 5.73 Å². The highest BCUT2D eigenvalue weighted by Gasteiger charge is 2.13. The Bertz CT molecular complexity index is 812. The van der Waals surface area contributed by atoms with Gasteiger partial charge in [-0.3, -0.25) is 4.40 Å². The molecule has 6 nitrogen and oxygen atoms in total. The molecule has 0 bridgehead atoms. The van der Waals surface area contributed by atoms with Crippen molar-refractivity contribution >= 4 is 11.6 Å². The molecule has 0 radical (unpaired) electrons. The lowest BCUT2D eigenvalue weighted by Crippen LogP contribution is -2.00. The molecule has 3 aromatic rings. The molecule has 3 heterocycles. The highest BCUT2D eigenvalue weighted by Crippen LogP contribution is 2.23. The number of nitrogen functional groups attached to an aromatic ring is 1. The van der Waals surface area contributed by atoms with Crippen LogP contribution in [0, 0.1) is 18.3 Å². The van der Waals surface area contributed by atoms with Gasteiger partial charge in [0.2, 0.25) is 5.95 Å². The molecule has 2 N–H and O–H groups in total. The first-order valence-corrected chi connectivity index (χ1v) is 5.66. The van der Waals surface area contributed by atoms with Gasteiger partial charge in [0.05, 0.1) is 23.7 Å². The predicted octanol–water partition coefficient (Wildman–Crippen LogP) is 1.55. The van der Waals surface area contributed by atoms with E-state index in [9.17, 15) is 0 Å². The summed E-state index contributed by atoms with van der Waals surface area (Å²) in [7, 11) is 0. The van der Waals surface area contributed by atoms with E-state index in [0.717, 1.165) is 16.9 Å². The van der Waals surface area contributed by atoms with E-state index in [-0.39, 0.29) is 5.95 Å². The van der Waals surface area contributed by atoms with Crippen molar-refractivity contribution in [2.45, 2.75) is 6.92 Å². The van der Waals surface area contributed by atoms with Gasteiger partial charge in [0.25, 0.3) is 0 Å². The van der Waals surface area contributed by atoms with Gasteiger partial charge in [-0.15, -0.1) is 0 Å². The van der Waals surface area contributed by atoms with Gasteiger partial charge in [-0.1, -0.05) is 6.07 Å². The van der Waals surface area contributed by atoms with Crippen molar-refractivity contribution < 1.29 is 0 Å². The highest BCUT2D eigenvalue weighted by molar-refractivity contribution is 5.67. The van der Waals surface area contributed by atoms with Gasteiger partial charge in [-0.25, -0.2) is 15.0 Å². The number of rotatable bonds is 1. The maximum Gasteiger partial charge on any atom is 0.220 e. The summed E-state index contributed by atoms with van der Waals surface area (Å²) >= 11 is 0. The molecule has 0 atom stereocenters. The maximum atomic E-state index is 9.13. The Kier molecular flexibility index (Phi) is 2.39. The molecule has 6 heteroatoms. The van der Waals surface area contributed by atoms with Crippen LogP contribution in [0.25, 0.3) is 17.0 Å². The van der Waals surface area contributed by atoms with Crippen molar-refractivity contribution in [3.63, 3.8) is 0 Å². The van der Waals surface area contributed by atoms with E-state index >= 15 is 0 Å². The van der Waals surface area contributed by atoms with Gasteiger partial charge in [0.15, 0.2) is 0 Å². The number of aryl methyl sites for hydroxylation is 1. The fourth-order valence-electron chi connectivity index (χ4n) is 2.00. The van der Waals surface area contributed by atoms with Crippen LogP contribution in [0.1, 0.15) is 11.1 Å². The number of nitrogens with zero attached hydrogens (tertiary/aromatic N) is 5. The minimum atomic E-state index is 0.136. The zero-order valence-corrected chi connectivity index (χ0v) is 10.2. The monoisotopic (exact) mass is 250 g/mol. The van der Waals surface area contributed by atoms with Crippen LogP contribution in [0.4, 0.5) is 5.95 Å². The summed E-state index contributed by atoms with van der Waals surface area (Å²) in [6.07, 6.45) is 4.99. The molecule has 0 aliphatic carbocycles. The number of fused-ring (bicyclic) bond motifs is 1. The number of nitrogens with two attached hydrogens (primary N) is 1. The van der Waals surface area contributed by atoms with Crippen LogP contribution in [0.5, 0.6) is 0 Å². The van der Waals surface area contributed by atoms with E-state index in [0.29, 0.717) is 11.3 Å². The van der Waals surface area contributed by atoms with Gasteiger partial charge >= 0.3 is 0 Å².